The summed E-state index contributed by atoms with van der Waals surface area (Å²) in [6.07, 6.45) is 1.54. The SMILES string of the molecule is CCn1c(=S)c2[nH]cnc2n(C)c1=O. The fourth-order valence-corrected chi connectivity index (χ4v) is 1.83. The van der Waals surface area contributed by atoms with Gasteiger partial charge in [-0.25, -0.2) is 9.78 Å². The second-order valence-electron chi connectivity index (χ2n) is 2.99. The number of imidazole rings is 1. The monoisotopic (exact) mass is 210 g/mol. The molecular weight excluding hydrogens is 200 g/mol. The third-order valence-corrected chi connectivity index (χ3v) is 2.65. The molecule has 0 saturated heterocycles. The van der Waals surface area contributed by atoms with E-state index in [1.807, 2.05) is 6.92 Å². The van der Waals surface area contributed by atoms with Crippen molar-refractivity contribution in [3.63, 3.8) is 0 Å². The summed E-state index contributed by atoms with van der Waals surface area (Å²) in [5, 5.41) is 0. The molecule has 0 radical (unpaired) electrons. The summed E-state index contributed by atoms with van der Waals surface area (Å²) in [5.74, 6) is 0. The first-order valence-corrected chi connectivity index (χ1v) is 4.70. The van der Waals surface area contributed by atoms with Gasteiger partial charge in [-0.05, 0) is 6.92 Å². The van der Waals surface area contributed by atoms with E-state index in [1.165, 1.54) is 9.13 Å². The van der Waals surface area contributed by atoms with Gasteiger partial charge in [0, 0.05) is 13.6 Å². The summed E-state index contributed by atoms with van der Waals surface area (Å²) in [5.41, 5.74) is 1.21. The van der Waals surface area contributed by atoms with E-state index in [4.69, 9.17) is 12.2 Å². The highest BCUT2D eigenvalue weighted by Crippen LogP contribution is 2.06. The second-order valence-corrected chi connectivity index (χ2v) is 3.38. The van der Waals surface area contributed by atoms with Crippen LogP contribution in [0.15, 0.2) is 11.1 Å². The number of aromatic nitrogens is 4. The minimum atomic E-state index is -0.128. The molecule has 2 heterocycles. The van der Waals surface area contributed by atoms with E-state index < -0.39 is 0 Å². The number of aromatic amines is 1. The van der Waals surface area contributed by atoms with Crippen molar-refractivity contribution in [1.82, 2.24) is 19.1 Å². The first-order chi connectivity index (χ1) is 6.66. The van der Waals surface area contributed by atoms with Crippen LogP contribution in [-0.4, -0.2) is 19.1 Å². The summed E-state index contributed by atoms with van der Waals surface area (Å²) in [4.78, 5) is 18.7. The fraction of sp³-hybridized carbons (Fsp3) is 0.375. The van der Waals surface area contributed by atoms with Gasteiger partial charge in [0.15, 0.2) is 5.65 Å². The van der Waals surface area contributed by atoms with Crippen LogP contribution in [0.3, 0.4) is 0 Å². The summed E-state index contributed by atoms with van der Waals surface area (Å²) in [6, 6.07) is 0. The smallest absolute Gasteiger partial charge is 0.330 e. The van der Waals surface area contributed by atoms with Crippen molar-refractivity contribution in [1.29, 1.82) is 0 Å². The maximum absolute atomic E-state index is 11.7. The molecule has 0 aliphatic rings. The second kappa shape index (κ2) is 3.06. The molecule has 74 valence electrons. The maximum Gasteiger partial charge on any atom is 0.330 e. The third-order valence-electron chi connectivity index (χ3n) is 2.23. The topological polar surface area (TPSA) is 55.6 Å². The summed E-state index contributed by atoms with van der Waals surface area (Å²) < 4.78 is 3.55. The summed E-state index contributed by atoms with van der Waals surface area (Å²) in [7, 11) is 1.69. The van der Waals surface area contributed by atoms with Gasteiger partial charge in [0.25, 0.3) is 0 Å². The quantitative estimate of drug-likeness (QED) is 0.709. The lowest BCUT2D eigenvalue weighted by atomic mass is 10.5. The summed E-state index contributed by atoms with van der Waals surface area (Å²) >= 11 is 5.17. The van der Waals surface area contributed by atoms with Crippen LogP contribution in [0.1, 0.15) is 6.92 Å². The standard InChI is InChI=1S/C8H10N4OS/c1-3-12-7(14)5-6(10-4-9-5)11(2)8(12)13/h4H,3H2,1-2H3,(H,9,10). The molecule has 0 fully saturated rings. The number of fused-ring (bicyclic) bond motifs is 1. The van der Waals surface area contributed by atoms with E-state index in [2.05, 4.69) is 9.97 Å². The van der Waals surface area contributed by atoms with Gasteiger partial charge >= 0.3 is 5.69 Å². The van der Waals surface area contributed by atoms with E-state index >= 15 is 0 Å². The Balaban J connectivity index is 3.10. The lowest BCUT2D eigenvalue weighted by Crippen LogP contribution is -2.29. The Labute approximate surface area is 85.0 Å². The molecule has 0 amide bonds. The molecule has 6 heteroatoms. The minimum Gasteiger partial charge on any atom is -0.341 e. The van der Waals surface area contributed by atoms with E-state index in [9.17, 15) is 4.79 Å². The molecular formula is C8H10N4OS. The van der Waals surface area contributed by atoms with Crippen LogP contribution in [0.2, 0.25) is 0 Å². The average molecular weight is 210 g/mol. The normalized spacial score (nSPS) is 11.0. The predicted molar refractivity (Wildman–Crippen MR) is 55.8 cm³/mol. The van der Waals surface area contributed by atoms with Gasteiger partial charge < -0.3 is 4.98 Å². The van der Waals surface area contributed by atoms with Crippen molar-refractivity contribution in [2.45, 2.75) is 13.5 Å². The van der Waals surface area contributed by atoms with Crippen LogP contribution in [-0.2, 0) is 13.6 Å². The Hall–Kier alpha value is -1.43. The molecule has 0 saturated carbocycles. The zero-order valence-electron chi connectivity index (χ0n) is 7.94. The fourth-order valence-electron chi connectivity index (χ4n) is 1.47. The van der Waals surface area contributed by atoms with Crippen molar-refractivity contribution >= 4 is 23.4 Å². The predicted octanol–water partition coefficient (Wildman–Crippen LogP) is 0.812. The Kier molecular flexibility index (Phi) is 1.99. The average Bonchev–Trinajstić information content (AvgIpc) is 2.64. The highest BCUT2D eigenvalue weighted by atomic mass is 32.1. The molecule has 0 atom stereocenters. The molecule has 0 aliphatic carbocycles. The highest BCUT2D eigenvalue weighted by Gasteiger charge is 2.08. The van der Waals surface area contributed by atoms with Crippen LogP contribution < -0.4 is 5.69 Å². The summed E-state index contributed by atoms with van der Waals surface area (Å²) in [6.45, 7) is 2.46. The lowest BCUT2D eigenvalue weighted by Gasteiger charge is -2.05. The minimum absolute atomic E-state index is 0.128. The van der Waals surface area contributed by atoms with Crippen molar-refractivity contribution in [3.8, 4) is 0 Å². The van der Waals surface area contributed by atoms with Crippen LogP contribution in [0.25, 0.3) is 11.2 Å². The number of nitrogens with zero attached hydrogens (tertiary/aromatic N) is 3. The Bertz CT molecular complexity index is 591. The molecule has 0 aromatic carbocycles. The number of hydrogen-bond acceptors (Lipinski definition) is 3. The maximum atomic E-state index is 11.7. The largest absolute Gasteiger partial charge is 0.341 e. The van der Waals surface area contributed by atoms with Crippen LogP contribution in [0.4, 0.5) is 0 Å². The van der Waals surface area contributed by atoms with E-state index in [0.29, 0.717) is 16.8 Å². The molecule has 14 heavy (non-hydrogen) atoms. The van der Waals surface area contributed by atoms with Crippen molar-refractivity contribution in [2.75, 3.05) is 0 Å². The number of H-pyrrole nitrogens is 1. The van der Waals surface area contributed by atoms with Gasteiger partial charge in [0.05, 0.1) is 6.33 Å². The Morgan fingerprint density at radius 1 is 1.64 bits per heavy atom. The number of aryl methyl sites for hydroxylation is 1. The molecule has 0 unspecified atom stereocenters. The van der Waals surface area contributed by atoms with Crippen molar-refractivity contribution < 1.29 is 0 Å². The first kappa shape index (κ1) is 9.14. The zero-order chi connectivity index (χ0) is 10.3. The highest BCUT2D eigenvalue weighted by molar-refractivity contribution is 7.71. The molecule has 2 aromatic heterocycles. The number of rotatable bonds is 1. The van der Waals surface area contributed by atoms with Crippen molar-refractivity contribution in [3.05, 3.63) is 21.5 Å². The molecule has 2 rings (SSSR count). The number of hydrogen-bond donors (Lipinski definition) is 1. The van der Waals surface area contributed by atoms with Gasteiger partial charge in [0.2, 0.25) is 0 Å². The zero-order valence-corrected chi connectivity index (χ0v) is 8.76. The third kappa shape index (κ3) is 1.04. The van der Waals surface area contributed by atoms with Crippen LogP contribution in [0, 0.1) is 4.64 Å². The Morgan fingerprint density at radius 2 is 2.36 bits per heavy atom. The molecule has 1 N–H and O–H groups in total. The molecule has 0 bridgehead atoms. The molecule has 0 aliphatic heterocycles. The van der Waals surface area contributed by atoms with Gasteiger partial charge in [0.1, 0.15) is 10.2 Å². The first-order valence-electron chi connectivity index (χ1n) is 4.29. The van der Waals surface area contributed by atoms with Gasteiger partial charge in [-0.3, -0.25) is 9.13 Å². The van der Waals surface area contributed by atoms with Gasteiger partial charge in [-0.15, -0.1) is 0 Å². The van der Waals surface area contributed by atoms with E-state index in [0.717, 1.165) is 5.52 Å². The lowest BCUT2D eigenvalue weighted by molar-refractivity contribution is 0.650. The van der Waals surface area contributed by atoms with Gasteiger partial charge in [-0.2, -0.15) is 0 Å². The van der Waals surface area contributed by atoms with Crippen molar-refractivity contribution in [2.24, 2.45) is 7.05 Å². The number of nitrogens with one attached hydrogen (secondary N) is 1. The van der Waals surface area contributed by atoms with E-state index in [1.54, 1.807) is 13.4 Å². The van der Waals surface area contributed by atoms with Crippen LogP contribution >= 0.6 is 12.2 Å². The van der Waals surface area contributed by atoms with E-state index in [-0.39, 0.29) is 5.69 Å². The molecule has 0 spiro atoms. The molecule has 5 nitrogen and oxygen atoms in total. The molecule has 2 aromatic rings. The van der Waals surface area contributed by atoms with Crippen LogP contribution in [0.5, 0.6) is 0 Å². The van der Waals surface area contributed by atoms with Gasteiger partial charge in [-0.1, -0.05) is 12.2 Å². The Morgan fingerprint density at radius 3 is 3.00 bits per heavy atom.